The van der Waals surface area contributed by atoms with Gasteiger partial charge in [0.25, 0.3) is 0 Å². The second-order valence-corrected chi connectivity index (χ2v) is 7.34. The van der Waals surface area contributed by atoms with Crippen LogP contribution >= 0.6 is 11.8 Å². The van der Waals surface area contributed by atoms with Crippen LogP contribution in [0, 0.1) is 18.6 Å². The van der Waals surface area contributed by atoms with Crippen LogP contribution < -0.4 is 0 Å². The third-order valence-corrected chi connectivity index (χ3v) is 5.06. The van der Waals surface area contributed by atoms with Crippen molar-refractivity contribution < 1.29 is 18.3 Å². The van der Waals surface area contributed by atoms with Crippen molar-refractivity contribution in [1.82, 2.24) is 0 Å². The first kappa shape index (κ1) is 17.7. The molecule has 0 bridgehead atoms. The largest absolute Gasteiger partial charge is 0.478 e. The maximum Gasteiger partial charge on any atom is 0.210 e. The number of halogens is 2. The second kappa shape index (κ2) is 6.30. The van der Waals surface area contributed by atoms with Gasteiger partial charge < -0.3 is 4.74 Å². The highest BCUT2D eigenvalue weighted by molar-refractivity contribution is 7.98. The predicted molar refractivity (Wildman–Crippen MR) is 96.3 cm³/mol. The summed E-state index contributed by atoms with van der Waals surface area (Å²) in [5.41, 5.74) is 1.07. The molecule has 25 heavy (non-hydrogen) atoms. The molecule has 0 unspecified atom stereocenters. The molecule has 3 rings (SSSR count). The molecule has 2 aromatic rings. The molecule has 0 atom stereocenters. The van der Waals surface area contributed by atoms with Gasteiger partial charge in [0.15, 0.2) is 5.60 Å². The number of rotatable bonds is 3. The number of Topliss-reactive ketones (excluding diaryl/α,β-unsaturated/α-hetero) is 1. The molecule has 130 valence electrons. The summed E-state index contributed by atoms with van der Waals surface area (Å²) in [5.74, 6) is -1.39. The van der Waals surface area contributed by atoms with Crippen molar-refractivity contribution >= 4 is 28.9 Å². The van der Waals surface area contributed by atoms with E-state index in [-0.39, 0.29) is 16.9 Å². The first-order chi connectivity index (χ1) is 11.7. The lowest BCUT2D eigenvalue weighted by Gasteiger charge is -2.18. The lowest BCUT2D eigenvalue weighted by Crippen LogP contribution is -2.29. The van der Waals surface area contributed by atoms with Crippen molar-refractivity contribution in [3.63, 3.8) is 0 Å². The van der Waals surface area contributed by atoms with E-state index in [4.69, 9.17) is 4.74 Å². The Morgan fingerprint density at radius 2 is 1.64 bits per heavy atom. The standard InChI is InChI=1S/C20H18F2O2S/c1-11-7-12(5-6-16(11)25-4)18-17(19(23)20(2,3)24-18)13-8-14(21)10-15(22)9-13/h5-10H,1-4H3. The van der Waals surface area contributed by atoms with Gasteiger partial charge in [-0.05, 0) is 62.4 Å². The van der Waals surface area contributed by atoms with Crippen LogP contribution in [0.3, 0.4) is 0 Å². The van der Waals surface area contributed by atoms with E-state index in [1.807, 2.05) is 31.4 Å². The van der Waals surface area contributed by atoms with Crippen molar-refractivity contribution in [2.75, 3.05) is 6.26 Å². The Morgan fingerprint density at radius 3 is 2.20 bits per heavy atom. The number of carbonyl (C=O) groups excluding carboxylic acids is 1. The molecule has 0 N–H and O–H groups in total. The molecule has 0 aliphatic carbocycles. The average molecular weight is 360 g/mol. The topological polar surface area (TPSA) is 26.3 Å². The highest BCUT2D eigenvalue weighted by Crippen LogP contribution is 2.42. The number of hydrogen-bond donors (Lipinski definition) is 0. The van der Waals surface area contributed by atoms with Crippen LogP contribution in [0.25, 0.3) is 11.3 Å². The zero-order chi connectivity index (χ0) is 18.4. The van der Waals surface area contributed by atoms with Crippen molar-refractivity contribution in [2.45, 2.75) is 31.3 Å². The number of aryl methyl sites for hydroxylation is 1. The minimum atomic E-state index is -1.08. The van der Waals surface area contributed by atoms with Gasteiger partial charge >= 0.3 is 0 Å². The summed E-state index contributed by atoms with van der Waals surface area (Å²) in [6.07, 6.45) is 1.99. The SMILES string of the molecule is CSc1ccc(C2=C(c3cc(F)cc(F)c3)C(=O)C(C)(C)O2)cc1C. The monoisotopic (exact) mass is 360 g/mol. The maximum atomic E-state index is 13.7. The number of carbonyl (C=O) groups is 1. The van der Waals surface area contributed by atoms with Gasteiger partial charge in [0, 0.05) is 16.5 Å². The molecule has 0 fully saturated rings. The van der Waals surface area contributed by atoms with Crippen LogP contribution in [0.2, 0.25) is 0 Å². The molecule has 2 aromatic carbocycles. The Bertz CT molecular complexity index is 880. The van der Waals surface area contributed by atoms with Crippen molar-refractivity contribution in [2.24, 2.45) is 0 Å². The van der Waals surface area contributed by atoms with Crippen LogP contribution in [-0.4, -0.2) is 17.6 Å². The fourth-order valence-electron chi connectivity index (χ4n) is 2.94. The van der Waals surface area contributed by atoms with E-state index in [0.29, 0.717) is 11.3 Å². The third kappa shape index (κ3) is 3.21. The molecule has 1 aliphatic rings. The average Bonchev–Trinajstić information content (AvgIpc) is 2.76. The Balaban J connectivity index is 2.23. The first-order valence-electron chi connectivity index (χ1n) is 7.82. The number of thioether (sulfide) groups is 1. The fraction of sp³-hybridized carbons (Fsp3) is 0.250. The highest BCUT2D eigenvalue weighted by Gasteiger charge is 2.43. The molecule has 0 radical (unpaired) electrons. The van der Waals surface area contributed by atoms with E-state index in [2.05, 4.69) is 0 Å². The fourth-order valence-corrected chi connectivity index (χ4v) is 3.52. The normalized spacial score (nSPS) is 16.3. The van der Waals surface area contributed by atoms with Gasteiger partial charge in [0.2, 0.25) is 5.78 Å². The van der Waals surface area contributed by atoms with Crippen LogP contribution in [0.1, 0.15) is 30.5 Å². The molecule has 0 saturated carbocycles. The van der Waals surface area contributed by atoms with Gasteiger partial charge in [-0.1, -0.05) is 6.07 Å². The first-order valence-corrected chi connectivity index (χ1v) is 9.05. The van der Waals surface area contributed by atoms with Gasteiger partial charge in [0.05, 0.1) is 5.57 Å². The van der Waals surface area contributed by atoms with E-state index in [0.717, 1.165) is 28.7 Å². The minimum Gasteiger partial charge on any atom is -0.478 e. The number of ketones is 1. The number of hydrogen-bond acceptors (Lipinski definition) is 3. The molecule has 5 heteroatoms. The van der Waals surface area contributed by atoms with Crippen molar-refractivity contribution in [1.29, 1.82) is 0 Å². The van der Waals surface area contributed by atoms with Crippen LogP contribution in [0.4, 0.5) is 8.78 Å². The molecule has 2 nitrogen and oxygen atoms in total. The maximum absolute atomic E-state index is 13.7. The zero-order valence-electron chi connectivity index (χ0n) is 14.4. The van der Waals surface area contributed by atoms with Gasteiger partial charge in [-0.2, -0.15) is 0 Å². The van der Waals surface area contributed by atoms with Gasteiger partial charge in [0.1, 0.15) is 17.4 Å². The molecule has 0 aromatic heterocycles. The third-order valence-electron chi connectivity index (χ3n) is 4.17. The quantitative estimate of drug-likeness (QED) is 0.700. The molecule has 1 aliphatic heterocycles. The molecule has 0 saturated heterocycles. The summed E-state index contributed by atoms with van der Waals surface area (Å²) < 4.78 is 33.3. The smallest absolute Gasteiger partial charge is 0.210 e. The van der Waals surface area contributed by atoms with Gasteiger partial charge in [-0.25, -0.2) is 8.78 Å². The number of ether oxygens (including phenoxy) is 1. The summed E-state index contributed by atoms with van der Waals surface area (Å²) in [4.78, 5) is 13.9. The van der Waals surface area contributed by atoms with E-state index >= 15 is 0 Å². The van der Waals surface area contributed by atoms with Crippen LogP contribution in [0.15, 0.2) is 41.3 Å². The molecular weight excluding hydrogens is 342 g/mol. The minimum absolute atomic E-state index is 0.190. The molecule has 0 amide bonds. The second-order valence-electron chi connectivity index (χ2n) is 6.49. The van der Waals surface area contributed by atoms with E-state index < -0.39 is 17.2 Å². The van der Waals surface area contributed by atoms with Crippen LogP contribution in [-0.2, 0) is 9.53 Å². The zero-order valence-corrected chi connectivity index (χ0v) is 15.3. The highest BCUT2D eigenvalue weighted by atomic mass is 32.2. The summed E-state index contributed by atoms with van der Waals surface area (Å²) in [5, 5.41) is 0. The lowest BCUT2D eigenvalue weighted by atomic mass is 9.92. The molecule has 0 spiro atoms. The summed E-state index contributed by atoms with van der Waals surface area (Å²) >= 11 is 1.63. The summed E-state index contributed by atoms with van der Waals surface area (Å²) in [6, 6.07) is 8.83. The van der Waals surface area contributed by atoms with E-state index in [9.17, 15) is 13.6 Å². The predicted octanol–water partition coefficient (Wildman–Crippen LogP) is 5.24. The Hall–Kier alpha value is -2.14. The van der Waals surface area contributed by atoms with Crippen molar-refractivity contribution in [3.8, 4) is 0 Å². The Kier molecular flexibility index (Phi) is 4.45. The van der Waals surface area contributed by atoms with Crippen LogP contribution in [0.5, 0.6) is 0 Å². The number of benzene rings is 2. The molecule has 1 heterocycles. The van der Waals surface area contributed by atoms with Crippen molar-refractivity contribution in [3.05, 3.63) is 64.7 Å². The van der Waals surface area contributed by atoms with E-state index in [1.54, 1.807) is 25.6 Å². The summed E-state index contributed by atoms with van der Waals surface area (Å²) in [6.45, 7) is 5.28. The van der Waals surface area contributed by atoms with E-state index in [1.165, 1.54) is 0 Å². The summed E-state index contributed by atoms with van der Waals surface area (Å²) in [7, 11) is 0. The lowest BCUT2D eigenvalue weighted by molar-refractivity contribution is -0.125. The van der Waals surface area contributed by atoms with Gasteiger partial charge in [-0.15, -0.1) is 11.8 Å². The Labute approximate surface area is 149 Å². The molecular formula is C20H18F2O2S. The Morgan fingerprint density at radius 1 is 1.00 bits per heavy atom. The van der Waals surface area contributed by atoms with Gasteiger partial charge in [-0.3, -0.25) is 4.79 Å².